The van der Waals surface area contributed by atoms with Crippen LogP contribution < -0.4 is 0 Å². The van der Waals surface area contributed by atoms with E-state index in [0.29, 0.717) is 5.69 Å². The Morgan fingerprint density at radius 2 is 1.73 bits per heavy atom. The molecule has 0 radical (unpaired) electrons. The van der Waals surface area contributed by atoms with Gasteiger partial charge in [-0.1, -0.05) is 30.3 Å². The lowest BCUT2D eigenvalue weighted by molar-refractivity contribution is -0.149. The molecule has 5 nitrogen and oxygen atoms in total. The molecule has 22 heavy (non-hydrogen) atoms. The van der Waals surface area contributed by atoms with Crippen LogP contribution in [0.5, 0.6) is 0 Å². The van der Waals surface area contributed by atoms with E-state index < -0.39 is 18.0 Å². The van der Waals surface area contributed by atoms with Gasteiger partial charge in [0.1, 0.15) is 5.69 Å². The summed E-state index contributed by atoms with van der Waals surface area (Å²) in [6.07, 6.45) is 0.879. The van der Waals surface area contributed by atoms with Crippen molar-refractivity contribution in [3.8, 4) is 0 Å². The average molecular weight is 301 g/mol. The Morgan fingerprint density at radius 1 is 1.05 bits per heavy atom. The van der Waals surface area contributed by atoms with Gasteiger partial charge in [0.15, 0.2) is 6.10 Å². The number of nitrogens with zero attached hydrogens (tertiary/aromatic N) is 1. The molecule has 0 aliphatic heterocycles. The molecule has 0 saturated carbocycles. The van der Waals surface area contributed by atoms with Crippen LogP contribution in [0.25, 0.3) is 0 Å². The van der Waals surface area contributed by atoms with E-state index in [0.717, 1.165) is 5.56 Å². The van der Waals surface area contributed by atoms with Crippen molar-refractivity contribution in [2.45, 2.75) is 26.0 Å². The molecular formula is C17H19NO4. The third kappa shape index (κ3) is 3.36. The van der Waals surface area contributed by atoms with Crippen LogP contribution in [0.3, 0.4) is 0 Å². The van der Waals surface area contributed by atoms with Gasteiger partial charge in [0.25, 0.3) is 0 Å². The summed E-state index contributed by atoms with van der Waals surface area (Å²) in [6, 6.07) is 13.3. The van der Waals surface area contributed by atoms with Gasteiger partial charge in [0, 0.05) is 6.20 Å². The molecule has 1 unspecified atom stereocenters. The highest BCUT2D eigenvalue weighted by Gasteiger charge is 2.22. The Kier molecular flexibility index (Phi) is 4.99. The third-order valence-corrected chi connectivity index (χ3v) is 3.50. The van der Waals surface area contributed by atoms with Crippen molar-refractivity contribution in [1.82, 2.24) is 4.57 Å². The van der Waals surface area contributed by atoms with Gasteiger partial charge in [-0.05, 0) is 31.5 Å². The SMILES string of the molecule is COC(=O)[C@@H](C)OC(=O)c1cccn1C(C)c1ccccc1. The molecule has 0 amide bonds. The lowest BCUT2D eigenvalue weighted by Crippen LogP contribution is -2.26. The second-order valence-electron chi connectivity index (χ2n) is 4.96. The van der Waals surface area contributed by atoms with Gasteiger partial charge in [-0.25, -0.2) is 9.59 Å². The molecule has 0 saturated heterocycles. The predicted molar refractivity (Wildman–Crippen MR) is 81.6 cm³/mol. The second-order valence-corrected chi connectivity index (χ2v) is 4.96. The minimum atomic E-state index is -0.937. The van der Waals surface area contributed by atoms with E-state index in [2.05, 4.69) is 4.74 Å². The Bertz CT molecular complexity index is 648. The van der Waals surface area contributed by atoms with Crippen molar-refractivity contribution < 1.29 is 19.1 Å². The highest BCUT2D eigenvalue weighted by atomic mass is 16.6. The Morgan fingerprint density at radius 3 is 2.36 bits per heavy atom. The molecule has 1 heterocycles. The van der Waals surface area contributed by atoms with Gasteiger partial charge < -0.3 is 14.0 Å². The van der Waals surface area contributed by atoms with Crippen LogP contribution in [0.2, 0.25) is 0 Å². The molecule has 2 atom stereocenters. The first-order valence-corrected chi connectivity index (χ1v) is 7.05. The van der Waals surface area contributed by atoms with Crippen LogP contribution in [-0.4, -0.2) is 29.7 Å². The topological polar surface area (TPSA) is 57.5 Å². The summed E-state index contributed by atoms with van der Waals surface area (Å²) in [5.41, 5.74) is 1.47. The zero-order valence-electron chi connectivity index (χ0n) is 12.9. The third-order valence-electron chi connectivity index (χ3n) is 3.50. The predicted octanol–water partition coefficient (Wildman–Crippen LogP) is 2.82. The van der Waals surface area contributed by atoms with Crippen LogP contribution >= 0.6 is 0 Å². The first-order valence-electron chi connectivity index (χ1n) is 7.05. The molecule has 1 aromatic heterocycles. The molecule has 0 spiro atoms. The number of methoxy groups -OCH3 is 1. The van der Waals surface area contributed by atoms with Gasteiger partial charge >= 0.3 is 11.9 Å². The minimum absolute atomic E-state index is 0.0211. The zero-order valence-corrected chi connectivity index (χ0v) is 12.9. The highest BCUT2D eigenvalue weighted by Crippen LogP contribution is 2.21. The van der Waals surface area contributed by atoms with Crippen molar-refractivity contribution in [3.63, 3.8) is 0 Å². The van der Waals surface area contributed by atoms with Gasteiger partial charge in [-0.3, -0.25) is 0 Å². The summed E-state index contributed by atoms with van der Waals surface area (Å²) in [5.74, 6) is -1.13. The number of carbonyl (C=O) groups excluding carboxylic acids is 2. The molecule has 5 heteroatoms. The van der Waals surface area contributed by atoms with E-state index in [9.17, 15) is 9.59 Å². The van der Waals surface area contributed by atoms with E-state index in [1.807, 2.05) is 48.0 Å². The highest BCUT2D eigenvalue weighted by molar-refractivity contribution is 5.90. The molecule has 116 valence electrons. The first-order chi connectivity index (χ1) is 10.5. The summed E-state index contributed by atoms with van der Waals surface area (Å²) in [5, 5.41) is 0. The van der Waals surface area contributed by atoms with Gasteiger partial charge in [-0.15, -0.1) is 0 Å². The molecule has 2 rings (SSSR count). The molecule has 0 fully saturated rings. The fourth-order valence-electron chi connectivity index (χ4n) is 2.23. The van der Waals surface area contributed by atoms with Crippen LogP contribution in [0, 0.1) is 0 Å². The summed E-state index contributed by atoms with van der Waals surface area (Å²) in [4.78, 5) is 23.6. The average Bonchev–Trinajstić information content (AvgIpc) is 3.03. The summed E-state index contributed by atoms with van der Waals surface area (Å²) in [6.45, 7) is 3.48. The van der Waals surface area contributed by atoms with Crippen molar-refractivity contribution in [2.24, 2.45) is 0 Å². The lowest BCUT2D eigenvalue weighted by Gasteiger charge is -2.18. The number of ether oxygens (including phenoxy) is 2. The number of aromatic nitrogens is 1. The van der Waals surface area contributed by atoms with Crippen LogP contribution in [-0.2, 0) is 14.3 Å². The molecule has 2 aromatic rings. The van der Waals surface area contributed by atoms with Gasteiger partial charge in [0.2, 0.25) is 0 Å². The lowest BCUT2D eigenvalue weighted by atomic mass is 10.1. The number of rotatable bonds is 5. The van der Waals surface area contributed by atoms with Crippen molar-refractivity contribution in [3.05, 3.63) is 59.9 Å². The van der Waals surface area contributed by atoms with Crippen molar-refractivity contribution in [2.75, 3.05) is 7.11 Å². The Labute approximate surface area is 129 Å². The van der Waals surface area contributed by atoms with E-state index >= 15 is 0 Å². The standard InChI is InChI=1S/C17H19NO4/c1-12(14-8-5-4-6-9-14)18-11-7-10-15(18)17(20)22-13(2)16(19)21-3/h4-13H,1-3H3/t12?,13-/m1/s1. The van der Waals surface area contributed by atoms with Crippen molar-refractivity contribution >= 4 is 11.9 Å². The molecular weight excluding hydrogens is 282 g/mol. The zero-order chi connectivity index (χ0) is 16.1. The van der Waals surface area contributed by atoms with E-state index in [4.69, 9.17) is 4.74 Å². The normalized spacial score (nSPS) is 13.2. The van der Waals surface area contributed by atoms with E-state index in [1.54, 1.807) is 12.1 Å². The van der Waals surface area contributed by atoms with E-state index in [1.165, 1.54) is 14.0 Å². The maximum Gasteiger partial charge on any atom is 0.355 e. The number of benzene rings is 1. The quantitative estimate of drug-likeness (QED) is 0.797. The number of hydrogen-bond acceptors (Lipinski definition) is 4. The first kappa shape index (κ1) is 15.8. The molecule has 0 bridgehead atoms. The second kappa shape index (κ2) is 6.93. The summed E-state index contributed by atoms with van der Waals surface area (Å²) in [7, 11) is 1.26. The molecule has 1 aromatic carbocycles. The molecule has 0 N–H and O–H groups in total. The van der Waals surface area contributed by atoms with Crippen LogP contribution in [0.4, 0.5) is 0 Å². The fraction of sp³-hybridized carbons (Fsp3) is 0.294. The number of carbonyl (C=O) groups is 2. The Balaban J connectivity index is 2.19. The fourth-order valence-corrected chi connectivity index (χ4v) is 2.23. The maximum absolute atomic E-state index is 12.2. The summed E-state index contributed by atoms with van der Waals surface area (Å²) >= 11 is 0. The smallest absolute Gasteiger partial charge is 0.355 e. The number of hydrogen-bond donors (Lipinski definition) is 0. The minimum Gasteiger partial charge on any atom is -0.466 e. The molecule has 0 aliphatic carbocycles. The largest absolute Gasteiger partial charge is 0.466 e. The van der Waals surface area contributed by atoms with Gasteiger partial charge in [0.05, 0.1) is 13.2 Å². The van der Waals surface area contributed by atoms with Crippen LogP contribution in [0.15, 0.2) is 48.7 Å². The van der Waals surface area contributed by atoms with E-state index in [-0.39, 0.29) is 6.04 Å². The Hall–Kier alpha value is -2.56. The monoisotopic (exact) mass is 301 g/mol. The number of esters is 2. The summed E-state index contributed by atoms with van der Waals surface area (Å²) < 4.78 is 11.5. The maximum atomic E-state index is 12.2. The van der Waals surface area contributed by atoms with Crippen molar-refractivity contribution in [1.29, 1.82) is 0 Å². The molecule has 0 aliphatic rings. The van der Waals surface area contributed by atoms with Crippen LogP contribution in [0.1, 0.15) is 35.9 Å². The van der Waals surface area contributed by atoms with Gasteiger partial charge in [-0.2, -0.15) is 0 Å².